The molecule has 0 rings (SSSR count). The number of nitrogens with one attached hydrogen (secondary N) is 1. The van der Waals surface area contributed by atoms with Gasteiger partial charge >= 0.3 is 6.09 Å². The number of hydrogen-bond acceptors (Lipinski definition) is 3. The maximum absolute atomic E-state index is 12.2. The molecule has 0 aliphatic heterocycles. The zero-order valence-electron chi connectivity index (χ0n) is 32.0. The van der Waals surface area contributed by atoms with Crippen LogP contribution in [0.2, 0.25) is 0 Å². The highest BCUT2D eigenvalue weighted by atomic mass is 16.6. The summed E-state index contributed by atoms with van der Waals surface area (Å²) in [5.41, 5.74) is 0. The first kappa shape index (κ1) is 45.2. The Morgan fingerprint density at radius 2 is 0.761 bits per heavy atom. The van der Waals surface area contributed by atoms with Gasteiger partial charge in [0.2, 0.25) is 0 Å². The molecule has 0 spiro atoms. The van der Waals surface area contributed by atoms with Crippen LogP contribution < -0.4 is 5.32 Å². The van der Waals surface area contributed by atoms with Crippen molar-refractivity contribution in [2.75, 3.05) is 19.8 Å². The minimum absolute atomic E-state index is 0.121. The zero-order chi connectivity index (χ0) is 33.4. The van der Waals surface area contributed by atoms with Crippen LogP contribution in [0.4, 0.5) is 4.79 Å². The Bertz CT molecular complexity index is 569. The molecule has 0 aromatic carbocycles. The average molecular weight is 652 g/mol. The summed E-state index contributed by atoms with van der Waals surface area (Å²) in [6.45, 7) is 8.65. The third-order valence-electron chi connectivity index (χ3n) is 9.62. The van der Waals surface area contributed by atoms with E-state index in [2.05, 4.69) is 26.1 Å². The summed E-state index contributed by atoms with van der Waals surface area (Å²) in [4.78, 5) is 12.2. The van der Waals surface area contributed by atoms with Crippen LogP contribution in [0.25, 0.3) is 0 Å². The molecule has 1 atom stereocenters. The molecule has 0 radical (unpaired) electrons. The van der Waals surface area contributed by atoms with Crippen molar-refractivity contribution in [3.63, 3.8) is 0 Å². The molecule has 0 heterocycles. The lowest BCUT2D eigenvalue weighted by molar-refractivity contribution is 0.0138. The Balaban J connectivity index is 3.70. The topological polar surface area (TPSA) is 47.6 Å². The van der Waals surface area contributed by atoms with Gasteiger partial charge in [-0.15, -0.1) is 0 Å². The lowest BCUT2D eigenvalue weighted by Gasteiger charge is -2.18. The van der Waals surface area contributed by atoms with E-state index in [1.165, 1.54) is 193 Å². The van der Waals surface area contributed by atoms with E-state index in [9.17, 15) is 4.79 Å². The fraction of sp³-hybridized carbons (Fsp3) is 0.976. The predicted molar refractivity (Wildman–Crippen MR) is 203 cm³/mol. The second kappa shape index (κ2) is 40.4. The molecule has 0 aromatic heterocycles. The molecule has 0 aliphatic carbocycles. The summed E-state index contributed by atoms with van der Waals surface area (Å²) >= 11 is 0. The third kappa shape index (κ3) is 37.7. The highest BCUT2D eigenvalue weighted by molar-refractivity contribution is 5.67. The molecule has 4 heteroatoms. The number of carbonyl (C=O) groups excluding carboxylic acids is 1. The standard InChI is InChI=1S/C42H85NO3/c1-4-7-9-11-13-15-17-19-21-23-25-27-29-31-33-35-37-41(46-42(44)43-38-6-3)40-45-39-36-34-32-30-28-26-24-22-20-18-16-14-12-10-8-5-2/h41H,4-40H2,1-3H3,(H,43,44). The van der Waals surface area contributed by atoms with Crippen LogP contribution >= 0.6 is 0 Å². The molecular formula is C42H85NO3. The van der Waals surface area contributed by atoms with Crippen molar-refractivity contribution in [2.45, 2.75) is 245 Å². The fourth-order valence-corrected chi connectivity index (χ4v) is 6.48. The van der Waals surface area contributed by atoms with Gasteiger partial charge in [-0.05, 0) is 25.7 Å². The molecular weight excluding hydrogens is 566 g/mol. The monoisotopic (exact) mass is 652 g/mol. The molecule has 1 N–H and O–H groups in total. The summed E-state index contributed by atoms with van der Waals surface area (Å²) in [5.74, 6) is 0. The maximum atomic E-state index is 12.2. The Morgan fingerprint density at radius 1 is 0.435 bits per heavy atom. The Morgan fingerprint density at radius 3 is 1.11 bits per heavy atom. The molecule has 4 nitrogen and oxygen atoms in total. The SMILES string of the molecule is CCCCCCCCCCCCCCCCCCOCC(CCCCCCCCCCCCCCCCCC)OC(=O)NCCC. The molecule has 0 saturated carbocycles. The summed E-state index contributed by atoms with van der Waals surface area (Å²) in [6.07, 6.45) is 45.6. The van der Waals surface area contributed by atoms with Crippen LogP contribution in [0.1, 0.15) is 239 Å². The first-order valence-electron chi connectivity index (χ1n) is 21.3. The van der Waals surface area contributed by atoms with Crippen molar-refractivity contribution in [1.82, 2.24) is 5.32 Å². The van der Waals surface area contributed by atoms with Gasteiger partial charge in [-0.3, -0.25) is 0 Å². The Hall–Kier alpha value is -0.770. The van der Waals surface area contributed by atoms with Gasteiger partial charge in [0.25, 0.3) is 0 Å². The van der Waals surface area contributed by atoms with Crippen LogP contribution in [0.15, 0.2) is 0 Å². The minimum Gasteiger partial charge on any atom is -0.444 e. The van der Waals surface area contributed by atoms with Crippen LogP contribution in [-0.2, 0) is 9.47 Å². The largest absolute Gasteiger partial charge is 0.444 e. The normalized spacial score (nSPS) is 12.1. The number of amides is 1. The third-order valence-corrected chi connectivity index (χ3v) is 9.62. The van der Waals surface area contributed by atoms with Gasteiger partial charge in [0.1, 0.15) is 6.10 Å². The van der Waals surface area contributed by atoms with Crippen molar-refractivity contribution in [3.8, 4) is 0 Å². The van der Waals surface area contributed by atoms with E-state index in [4.69, 9.17) is 9.47 Å². The molecule has 0 aliphatic rings. The summed E-state index contributed by atoms with van der Waals surface area (Å²) in [5, 5.41) is 2.86. The van der Waals surface area contributed by atoms with Gasteiger partial charge in [0.15, 0.2) is 0 Å². The molecule has 1 unspecified atom stereocenters. The predicted octanol–water partition coefficient (Wildman–Crippen LogP) is 14.4. The van der Waals surface area contributed by atoms with Gasteiger partial charge in [0.05, 0.1) is 6.61 Å². The number of alkyl carbamates (subject to hydrolysis) is 1. The zero-order valence-corrected chi connectivity index (χ0v) is 32.0. The van der Waals surface area contributed by atoms with E-state index in [1.807, 2.05) is 0 Å². The quantitative estimate of drug-likeness (QED) is 0.0673. The highest BCUT2D eigenvalue weighted by Gasteiger charge is 2.14. The van der Waals surface area contributed by atoms with Crippen molar-refractivity contribution in [1.29, 1.82) is 0 Å². The van der Waals surface area contributed by atoms with Gasteiger partial charge < -0.3 is 14.8 Å². The molecule has 1 amide bonds. The Labute approximate surface area is 290 Å². The van der Waals surface area contributed by atoms with Crippen molar-refractivity contribution in [3.05, 3.63) is 0 Å². The van der Waals surface area contributed by atoms with E-state index >= 15 is 0 Å². The van der Waals surface area contributed by atoms with Crippen LogP contribution in [0.3, 0.4) is 0 Å². The molecule has 46 heavy (non-hydrogen) atoms. The van der Waals surface area contributed by atoms with Crippen molar-refractivity contribution >= 4 is 6.09 Å². The Kier molecular flexibility index (Phi) is 39.7. The first-order valence-corrected chi connectivity index (χ1v) is 21.3. The molecule has 0 saturated heterocycles. The van der Waals surface area contributed by atoms with E-state index in [0.29, 0.717) is 13.2 Å². The molecule has 0 bridgehead atoms. The molecule has 0 aromatic rings. The van der Waals surface area contributed by atoms with E-state index in [1.54, 1.807) is 0 Å². The fourth-order valence-electron chi connectivity index (χ4n) is 6.48. The maximum Gasteiger partial charge on any atom is 0.407 e. The highest BCUT2D eigenvalue weighted by Crippen LogP contribution is 2.16. The lowest BCUT2D eigenvalue weighted by Crippen LogP contribution is -2.32. The van der Waals surface area contributed by atoms with E-state index < -0.39 is 0 Å². The van der Waals surface area contributed by atoms with Crippen LogP contribution in [-0.4, -0.2) is 32.0 Å². The van der Waals surface area contributed by atoms with Crippen LogP contribution in [0.5, 0.6) is 0 Å². The number of ether oxygens (including phenoxy) is 2. The molecule has 276 valence electrons. The number of hydrogen-bond donors (Lipinski definition) is 1. The smallest absolute Gasteiger partial charge is 0.407 e. The molecule has 0 fully saturated rings. The number of carbonyl (C=O) groups is 1. The van der Waals surface area contributed by atoms with Gasteiger partial charge in [-0.2, -0.15) is 0 Å². The van der Waals surface area contributed by atoms with Gasteiger partial charge in [0, 0.05) is 13.2 Å². The van der Waals surface area contributed by atoms with Gasteiger partial charge in [-0.25, -0.2) is 4.79 Å². The van der Waals surface area contributed by atoms with Crippen molar-refractivity contribution < 1.29 is 14.3 Å². The number of rotatable bonds is 39. The van der Waals surface area contributed by atoms with Crippen LogP contribution in [0, 0.1) is 0 Å². The summed E-state index contributed by atoms with van der Waals surface area (Å²) in [7, 11) is 0. The van der Waals surface area contributed by atoms with E-state index in [0.717, 1.165) is 32.3 Å². The van der Waals surface area contributed by atoms with E-state index in [-0.39, 0.29) is 12.2 Å². The second-order valence-electron chi connectivity index (χ2n) is 14.4. The first-order chi connectivity index (χ1) is 22.7. The summed E-state index contributed by atoms with van der Waals surface area (Å²) < 4.78 is 11.7. The van der Waals surface area contributed by atoms with Gasteiger partial charge in [-0.1, -0.05) is 213 Å². The summed E-state index contributed by atoms with van der Waals surface area (Å²) in [6, 6.07) is 0. The average Bonchev–Trinajstić information content (AvgIpc) is 3.06. The minimum atomic E-state index is -0.283. The number of unbranched alkanes of at least 4 members (excludes halogenated alkanes) is 30. The second-order valence-corrected chi connectivity index (χ2v) is 14.4. The lowest BCUT2D eigenvalue weighted by atomic mass is 10.0. The van der Waals surface area contributed by atoms with Crippen molar-refractivity contribution in [2.24, 2.45) is 0 Å².